The zero-order valence-electron chi connectivity index (χ0n) is 12.9. The molecule has 2 aromatic rings. The first kappa shape index (κ1) is 16.5. The summed E-state index contributed by atoms with van der Waals surface area (Å²) in [6.07, 6.45) is 2.38. The number of ether oxygens (including phenoxy) is 1. The molecular weight excluding hydrogens is 334 g/mol. The van der Waals surface area contributed by atoms with Crippen molar-refractivity contribution >= 4 is 39.9 Å². The van der Waals surface area contributed by atoms with E-state index in [9.17, 15) is 4.79 Å². The van der Waals surface area contributed by atoms with E-state index in [1.807, 2.05) is 18.2 Å². The lowest BCUT2D eigenvalue weighted by Crippen LogP contribution is -2.57. The molecule has 2 bridgehead atoms. The van der Waals surface area contributed by atoms with E-state index >= 15 is 0 Å². The molecule has 23 heavy (non-hydrogen) atoms. The van der Waals surface area contributed by atoms with Gasteiger partial charge in [0.2, 0.25) is 0 Å². The van der Waals surface area contributed by atoms with E-state index in [0.29, 0.717) is 11.6 Å². The van der Waals surface area contributed by atoms with Gasteiger partial charge in [0.05, 0.1) is 11.8 Å². The molecule has 1 N–H and O–H groups in total. The number of nitrogens with zero attached hydrogens (tertiary/aromatic N) is 2. The molecule has 1 amide bonds. The van der Waals surface area contributed by atoms with Gasteiger partial charge in [0, 0.05) is 18.0 Å². The van der Waals surface area contributed by atoms with Crippen LogP contribution in [0.1, 0.15) is 23.3 Å². The zero-order chi connectivity index (χ0) is 15.1. The number of hydrogen-bond acceptors (Lipinski definition) is 5. The predicted molar refractivity (Wildman–Crippen MR) is 93.8 cm³/mol. The van der Waals surface area contributed by atoms with Gasteiger partial charge in [0.25, 0.3) is 5.91 Å². The van der Waals surface area contributed by atoms with Gasteiger partial charge in [-0.05, 0) is 49.4 Å². The van der Waals surface area contributed by atoms with Crippen molar-refractivity contribution in [2.75, 3.05) is 26.7 Å². The van der Waals surface area contributed by atoms with Crippen LogP contribution in [0.3, 0.4) is 0 Å². The molecule has 0 spiro atoms. The van der Waals surface area contributed by atoms with E-state index in [1.54, 1.807) is 7.11 Å². The molecule has 1 atom stereocenters. The number of rotatable bonds is 3. The second-order valence-corrected chi connectivity index (χ2v) is 6.86. The molecule has 3 fully saturated rings. The van der Waals surface area contributed by atoms with Crippen LogP contribution in [0.15, 0.2) is 18.2 Å². The second-order valence-electron chi connectivity index (χ2n) is 6.09. The molecule has 0 unspecified atom stereocenters. The van der Waals surface area contributed by atoms with Crippen LogP contribution in [0.4, 0.5) is 0 Å². The first-order valence-electron chi connectivity index (χ1n) is 7.72. The molecule has 3 aliphatic heterocycles. The van der Waals surface area contributed by atoms with Gasteiger partial charge in [0.15, 0.2) is 0 Å². The molecule has 0 saturated carbocycles. The lowest BCUT2D eigenvalue weighted by Gasteiger charge is -2.44. The minimum Gasteiger partial charge on any atom is -0.495 e. The van der Waals surface area contributed by atoms with Gasteiger partial charge < -0.3 is 15.0 Å². The summed E-state index contributed by atoms with van der Waals surface area (Å²) in [7, 11) is 1.64. The van der Waals surface area contributed by atoms with Gasteiger partial charge in [-0.25, -0.2) is 0 Å². The number of carbonyl (C=O) groups excluding carboxylic acids is 1. The summed E-state index contributed by atoms with van der Waals surface area (Å²) < 4.78 is 10.6. The summed E-state index contributed by atoms with van der Waals surface area (Å²) in [5, 5.41) is 4.08. The molecular formula is C16H20ClN3O2S. The maximum atomic E-state index is 12.6. The first-order valence-corrected chi connectivity index (χ1v) is 8.49. The van der Waals surface area contributed by atoms with Gasteiger partial charge in [0.1, 0.15) is 11.4 Å². The number of aromatic nitrogens is 1. The molecule has 5 rings (SSSR count). The summed E-state index contributed by atoms with van der Waals surface area (Å²) >= 11 is 1.32. The number of hydrogen-bond donors (Lipinski definition) is 1. The van der Waals surface area contributed by atoms with Gasteiger partial charge in [-0.2, -0.15) is 4.37 Å². The summed E-state index contributed by atoms with van der Waals surface area (Å²) in [6, 6.07) is 6.00. The maximum Gasteiger partial charge on any atom is 0.271 e. The van der Waals surface area contributed by atoms with Crippen molar-refractivity contribution in [2.45, 2.75) is 18.9 Å². The number of benzene rings is 1. The third-order valence-corrected chi connectivity index (χ3v) is 5.75. The van der Waals surface area contributed by atoms with Gasteiger partial charge >= 0.3 is 0 Å². The summed E-state index contributed by atoms with van der Waals surface area (Å²) in [5.74, 6) is 1.34. The standard InChI is InChI=1S/C16H19N3O2S.ClH/c1-21-13-4-2-3-11-14(18-22-15(11)13)16(20)17-12-9-19-7-5-10(12)6-8-19;/h2-4,10,12H,5-9H2,1H3,(H,17,20);1H/t12-;/m0./s1. The van der Waals surface area contributed by atoms with Gasteiger partial charge in [-0.1, -0.05) is 12.1 Å². The number of methoxy groups -OCH3 is 1. The molecule has 5 nitrogen and oxygen atoms in total. The first-order chi connectivity index (χ1) is 10.8. The predicted octanol–water partition coefficient (Wildman–Crippen LogP) is 2.55. The van der Waals surface area contributed by atoms with Crippen molar-refractivity contribution in [2.24, 2.45) is 5.92 Å². The number of amides is 1. The van der Waals surface area contributed by atoms with E-state index in [1.165, 1.54) is 37.5 Å². The lowest BCUT2D eigenvalue weighted by molar-refractivity contribution is 0.0619. The minimum absolute atomic E-state index is 0. The highest BCUT2D eigenvalue weighted by atomic mass is 35.5. The van der Waals surface area contributed by atoms with Crippen LogP contribution in [0.5, 0.6) is 5.75 Å². The van der Waals surface area contributed by atoms with Crippen molar-refractivity contribution in [3.8, 4) is 5.75 Å². The quantitative estimate of drug-likeness (QED) is 0.921. The Morgan fingerprint density at radius 1 is 1.39 bits per heavy atom. The number of fused-ring (bicyclic) bond motifs is 4. The Morgan fingerprint density at radius 2 is 2.17 bits per heavy atom. The Kier molecular flexibility index (Phi) is 4.75. The molecule has 1 aromatic carbocycles. The molecule has 3 aliphatic rings. The maximum absolute atomic E-state index is 12.6. The number of halogens is 1. The Hall–Kier alpha value is -1.37. The smallest absolute Gasteiger partial charge is 0.271 e. The second kappa shape index (κ2) is 6.63. The Bertz CT molecular complexity index is 712. The Morgan fingerprint density at radius 3 is 2.83 bits per heavy atom. The lowest BCUT2D eigenvalue weighted by atomic mass is 9.84. The van der Waals surface area contributed by atoms with Crippen LogP contribution >= 0.6 is 23.9 Å². The molecule has 3 saturated heterocycles. The summed E-state index contributed by atoms with van der Waals surface area (Å²) in [6.45, 7) is 3.32. The van der Waals surface area contributed by atoms with Crippen LogP contribution < -0.4 is 10.1 Å². The number of carbonyl (C=O) groups is 1. The topological polar surface area (TPSA) is 54.5 Å². The third-order valence-electron chi connectivity index (χ3n) is 4.87. The average Bonchev–Trinajstić information content (AvgIpc) is 3.00. The van der Waals surface area contributed by atoms with Crippen LogP contribution in [0.25, 0.3) is 10.1 Å². The Labute approximate surface area is 145 Å². The van der Waals surface area contributed by atoms with Crippen LogP contribution in [0.2, 0.25) is 0 Å². The molecule has 0 aliphatic carbocycles. The highest BCUT2D eigenvalue weighted by molar-refractivity contribution is 7.14. The van der Waals surface area contributed by atoms with Crippen LogP contribution in [-0.4, -0.2) is 48.0 Å². The van der Waals surface area contributed by atoms with E-state index in [2.05, 4.69) is 14.6 Å². The van der Waals surface area contributed by atoms with Crippen molar-refractivity contribution in [3.63, 3.8) is 0 Å². The zero-order valence-corrected chi connectivity index (χ0v) is 14.6. The monoisotopic (exact) mass is 353 g/mol. The number of piperidine rings is 3. The van der Waals surface area contributed by atoms with Gasteiger partial charge in [-0.15, -0.1) is 12.4 Å². The SMILES string of the molecule is COc1cccc2c(C(=O)N[C@H]3CN4CCC3CC4)nsc12.Cl. The van der Waals surface area contributed by atoms with E-state index in [4.69, 9.17) is 4.74 Å². The molecule has 1 aromatic heterocycles. The average molecular weight is 354 g/mol. The third kappa shape index (κ3) is 2.91. The molecule has 0 radical (unpaired) electrons. The molecule has 124 valence electrons. The normalized spacial score (nSPS) is 25.9. The largest absolute Gasteiger partial charge is 0.495 e. The fourth-order valence-electron chi connectivity index (χ4n) is 3.63. The van der Waals surface area contributed by atoms with Gasteiger partial charge in [-0.3, -0.25) is 4.79 Å². The fraction of sp³-hybridized carbons (Fsp3) is 0.500. The summed E-state index contributed by atoms with van der Waals surface area (Å²) in [4.78, 5) is 15.1. The fourth-order valence-corrected chi connectivity index (χ4v) is 4.50. The van der Waals surface area contributed by atoms with Crippen molar-refractivity contribution < 1.29 is 9.53 Å². The van der Waals surface area contributed by atoms with Crippen LogP contribution in [-0.2, 0) is 0 Å². The highest BCUT2D eigenvalue weighted by Crippen LogP contribution is 2.32. The minimum atomic E-state index is -0.0572. The van der Waals surface area contributed by atoms with Crippen molar-refractivity contribution in [1.29, 1.82) is 0 Å². The highest BCUT2D eigenvalue weighted by Gasteiger charge is 2.35. The Balaban J connectivity index is 0.00000156. The van der Waals surface area contributed by atoms with Crippen molar-refractivity contribution in [1.82, 2.24) is 14.6 Å². The van der Waals surface area contributed by atoms with Crippen LogP contribution in [0, 0.1) is 5.92 Å². The van der Waals surface area contributed by atoms with E-state index in [0.717, 1.165) is 22.4 Å². The van der Waals surface area contributed by atoms with E-state index in [-0.39, 0.29) is 24.4 Å². The number of nitrogens with one attached hydrogen (secondary N) is 1. The molecule has 4 heterocycles. The molecule has 7 heteroatoms. The van der Waals surface area contributed by atoms with Crippen molar-refractivity contribution in [3.05, 3.63) is 23.9 Å². The summed E-state index contributed by atoms with van der Waals surface area (Å²) in [5.41, 5.74) is 0.523. The van der Waals surface area contributed by atoms with E-state index < -0.39 is 0 Å².